The lowest BCUT2D eigenvalue weighted by atomic mass is 10.1. The molecule has 0 bridgehead atoms. The molecule has 2 aromatic heterocycles. The van der Waals surface area contributed by atoms with Gasteiger partial charge in [0.2, 0.25) is 0 Å². The Morgan fingerprint density at radius 3 is 2.76 bits per heavy atom. The lowest BCUT2D eigenvalue weighted by Crippen LogP contribution is -1.93. The first kappa shape index (κ1) is 12.0. The zero-order valence-electron chi connectivity index (χ0n) is 11.9. The second-order valence-corrected chi connectivity index (χ2v) is 5.29. The number of benzene rings is 2. The van der Waals surface area contributed by atoms with Crippen LogP contribution in [-0.4, -0.2) is 19.5 Å². The molecule has 0 atom stereocenters. The highest BCUT2D eigenvalue weighted by Crippen LogP contribution is 2.28. The monoisotopic (exact) mass is 277 g/mol. The third-order valence-corrected chi connectivity index (χ3v) is 3.84. The summed E-state index contributed by atoms with van der Waals surface area (Å²) in [4.78, 5) is 12.1. The normalized spacial score (nSPS) is 11.5. The number of nitrogens with two attached hydrogens (primary N) is 1. The Bertz CT molecular complexity index is 977. The van der Waals surface area contributed by atoms with Crippen molar-refractivity contribution in [2.24, 2.45) is 7.05 Å². The van der Waals surface area contributed by atoms with E-state index in [0.29, 0.717) is 5.95 Å². The van der Waals surface area contributed by atoms with Crippen molar-refractivity contribution in [1.29, 1.82) is 0 Å². The molecule has 0 amide bonds. The first-order valence-corrected chi connectivity index (χ1v) is 6.81. The molecule has 0 aliphatic heterocycles. The number of H-pyrrole nitrogens is 1. The van der Waals surface area contributed by atoms with Crippen LogP contribution in [0.25, 0.3) is 33.5 Å². The maximum absolute atomic E-state index is 5.75. The number of aryl methyl sites for hydroxylation is 2. The Hall–Kier alpha value is -2.82. The van der Waals surface area contributed by atoms with Crippen molar-refractivity contribution < 1.29 is 0 Å². The van der Waals surface area contributed by atoms with Gasteiger partial charge in [0.25, 0.3) is 0 Å². The van der Waals surface area contributed by atoms with E-state index in [1.807, 2.05) is 38.2 Å². The van der Waals surface area contributed by atoms with E-state index in [2.05, 4.69) is 26.7 Å². The van der Waals surface area contributed by atoms with Crippen LogP contribution in [0.1, 0.15) is 5.56 Å². The molecule has 0 spiro atoms. The van der Waals surface area contributed by atoms with Gasteiger partial charge in [-0.1, -0.05) is 12.1 Å². The molecule has 0 aliphatic rings. The van der Waals surface area contributed by atoms with E-state index in [9.17, 15) is 0 Å². The molecule has 4 rings (SSSR count). The highest BCUT2D eigenvalue weighted by atomic mass is 15.1. The molecule has 0 unspecified atom stereocenters. The van der Waals surface area contributed by atoms with Gasteiger partial charge in [-0.25, -0.2) is 9.97 Å². The van der Waals surface area contributed by atoms with Gasteiger partial charge in [0, 0.05) is 12.6 Å². The summed E-state index contributed by atoms with van der Waals surface area (Å²) in [5.41, 5.74) is 11.9. The van der Waals surface area contributed by atoms with Crippen LogP contribution in [0, 0.1) is 6.92 Å². The van der Waals surface area contributed by atoms with Crippen LogP contribution in [0.4, 0.5) is 5.95 Å². The van der Waals surface area contributed by atoms with Crippen molar-refractivity contribution in [3.05, 3.63) is 42.0 Å². The van der Waals surface area contributed by atoms with Gasteiger partial charge in [-0.15, -0.1) is 0 Å². The summed E-state index contributed by atoms with van der Waals surface area (Å²) in [5.74, 6) is 1.38. The quantitative estimate of drug-likeness (QED) is 0.561. The zero-order chi connectivity index (χ0) is 14.6. The van der Waals surface area contributed by atoms with Crippen LogP contribution < -0.4 is 5.73 Å². The summed E-state index contributed by atoms with van der Waals surface area (Å²) >= 11 is 0. The number of aromatic nitrogens is 4. The highest BCUT2D eigenvalue weighted by Gasteiger charge is 2.12. The Labute approximate surface area is 121 Å². The van der Waals surface area contributed by atoms with Gasteiger partial charge >= 0.3 is 0 Å². The second kappa shape index (κ2) is 4.09. The molecule has 21 heavy (non-hydrogen) atoms. The van der Waals surface area contributed by atoms with Gasteiger partial charge in [0.1, 0.15) is 5.82 Å². The number of aromatic amines is 1. The Balaban J connectivity index is 2.01. The van der Waals surface area contributed by atoms with Crippen molar-refractivity contribution in [1.82, 2.24) is 19.5 Å². The molecule has 0 saturated carbocycles. The Kier molecular flexibility index (Phi) is 2.33. The SMILES string of the molecule is Cc1cc(-c2nc3ccccc3n2C)cc2[nH]c(N)nc12. The van der Waals surface area contributed by atoms with Crippen molar-refractivity contribution in [2.75, 3.05) is 5.73 Å². The van der Waals surface area contributed by atoms with Gasteiger partial charge in [-0.3, -0.25) is 0 Å². The van der Waals surface area contributed by atoms with Crippen LogP contribution in [0.3, 0.4) is 0 Å². The fourth-order valence-corrected chi connectivity index (χ4v) is 2.84. The van der Waals surface area contributed by atoms with Gasteiger partial charge in [0.05, 0.1) is 22.1 Å². The summed E-state index contributed by atoms with van der Waals surface area (Å²) in [5, 5.41) is 0. The lowest BCUT2D eigenvalue weighted by molar-refractivity contribution is 0.959. The number of nitrogen functional groups attached to an aromatic ring is 1. The molecule has 4 aromatic rings. The molecule has 2 aromatic carbocycles. The first-order valence-electron chi connectivity index (χ1n) is 6.81. The molecule has 3 N–H and O–H groups in total. The molecule has 5 nitrogen and oxygen atoms in total. The molecule has 0 radical (unpaired) electrons. The van der Waals surface area contributed by atoms with Crippen LogP contribution in [0.2, 0.25) is 0 Å². The topological polar surface area (TPSA) is 72.5 Å². The van der Waals surface area contributed by atoms with Crippen molar-refractivity contribution in [3.63, 3.8) is 0 Å². The van der Waals surface area contributed by atoms with E-state index in [1.54, 1.807) is 0 Å². The van der Waals surface area contributed by atoms with E-state index in [1.165, 1.54) is 0 Å². The highest BCUT2D eigenvalue weighted by molar-refractivity contribution is 5.87. The van der Waals surface area contributed by atoms with Gasteiger partial charge in [-0.2, -0.15) is 0 Å². The Morgan fingerprint density at radius 2 is 1.95 bits per heavy atom. The van der Waals surface area contributed by atoms with Crippen LogP contribution in [0.15, 0.2) is 36.4 Å². The third kappa shape index (κ3) is 1.71. The van der Waals surface area contributed by atoms with E-state index in [4.69, 9.17) is 10.7 Å². The number of fused-ring (bicyclic) bond motifs is 2. The number of nitrogens with zero attached hydrogens (tertiary/aromatic N) is 3. The molecular weight excluding hydrogens is 262 g/mol. The summed E-state index contributed by atoms with van der Waals surface area (Å²) in [6.45, 7) is 2.04. The summed E-state index contributed by atoms with van der Waals surface area (Å²) < 4.78 is 2.11. The number of para-hydroxylation sites is 2. The van der Waals surface area contributed by atoms with Crippen LogP contribution in [-0.2, 0) is 7.05 Å². The van der Waals surface area contributed by atoms with Gasteiger partial charge < -0.3 is 15.3 Å². The smallest absolute Gasteiger partial charge is 0.198 e. The van der Waals surface area contributed by atoms with Crippen molar-refractivity contribution in [2.45, 2.75) is 6.92 Å². The van der Waals surface area contributed by atoms with Crippen LogP contribution >= 0.6 is 0 Å². The lowest BCUT2D eigenvalue weighted by Gasteiger charge is -2.04. The van der Waals surface area contributed by atoms with E-state index < -0.39 is 0 Å². The maximum atomic E-state index is 5.75. The molecule has 0 aliphatic carbocycles. The van der Waals surface area contributed by atoms with Crippen molar-refractivity contribution >= 4 is 28.0 Å². The number of nitrogens with one attached hydrogen (secondary N) is 1. The molecule has 2 heterocycles. The van der Waals surface area contributed by atoms with Gasteiger partial charge in [0.15, 0.2) is 5.95 Å². The number of rotatable bonds is 1. The molecule has 5 heteroatoms. The molecular formula is C16H15N5. The number of hydrogen-bond acceptors (Lipinski definition) is 3. The standard InChI is InChI=1S/C16H15N5/c1-9-7-10(8-12-14(9)20-16(17)19-12)15-18-11-5-3-4-6-13(11)21(15)2/h3-8H,1-2H3,(H3,17,19,20). The first-order chi connectivity index (χ1) is 10.1. The summed E-state index contributed by atoms with van der Waals surface area (Å²) in [6.07, 6.45) is 0. The largest absolute Gasteiger partial charge is 0.369 e. The number of hydrogen-bond donors (Lipinski definition) is 2. The molecule has 104 valence electrons. The molecule has 0 fully saturated rings. The number of anilines is 1. The number of imidazole rings is 2. The van der Waals surface area contributed by atoms with E-state index in [0.717, 1.165) is 39.0 Å². The predicted octanol–water partition coefficient (Wildman–Crippen LogP) is 3.01. The van der Waals surface area contributed by atoms with E-state index >= 15 is 0 Å². The third-order valence-electron chi connectivity index (χ3n) is 3.84. The second-order valence-electron chi connectivity index (χ2n) is 5.29. The zero-order valence-corrected chi connectivity index (χ0v) is 11.9. The minimum Gasteiger partial charge on any atom is -0.369 e. The summed E-state index contributed by atoms with van der Waals surface area (Å²) in [7, 11) is 2.03. The Morgan fingerprint density at radius 1 is 1.14 bits per heavy atom. The fraction of sp³-hybridized carbons (Fsp3) is 0.125. The summed E-state index contributed by atoms with van der Waals surface area (Å²) in [6, 6.07) is 12.3. The van der Waals surface area contributed by atoms with Crippen molar-refractivity contribution in [3.8, 4) is 11.4 Å². The fourth-order valence-electron chi connectivity index (χ4n) is 2.84. The van der Waals surface area contributed by atoms with Crippen LogP contribution in [0.5, 0.6) is 0 Å². The van der Waals surface area contributed by atoms with E-state index in [-0.39, 0.29) is 0 Å². The molecule has 0 saturated heterocycles. The average molecular weight is 277 g/mol. The maximum Gasteiger partial charge on any atom is 0.198 e. The minimum absolute atomic E-state index is 0.440. The predicted molar refractivity (Wildman–Crippen MR) is 85.0 cm³/mol. The average Bonchev–Trinajstić information content (AvgIpc) is 3.00. The van der Waals surface area contributed by atoms with Gasteiger partial charge in [-0.05, 0) is 36.8 Å². The minimum atomic E-state index is 0.440.